The molecule has 2 aliphatic heterocycles. The van der Waals surface area contributed by atoms with Gasteiger partial charge >= 0.3 is 0 Å². The zero-order chi connectivity index (χ0) is 22.8. The number of benzene rings is 1. The van der Waals surface area contributed by atoms with Gasteiger partial charge in [0.25, 0.3) is 5.91 Å². The molecule has 0 bridgehead atoms. The van der Waals surface area contributed by atoms with Gasteiger partial charge in [-0.1, -0.05) is 18.2 Å². The van der Waals surface area contributed by atoms with Gasteiger partial charge in [0.2, 0.25) is 5.95 Å². The topological polar surface area (TPSA) is 70.4 Å². The Morgan fingerprint density at radius 3 is 2.27 bits per heavy atom. The SMILES string of the molecule is Cc1cc(C)n(C(=O)CN2CCN(c3ccccc3-c3cnc(N4CCCC4)nc3)CC2)n1. The first-order valence-corrected chi connectivity index (χ1v) is 11.8. The van der Waals surface area contributed by atoms with Crippen molar-refractivity contribution in [3.05, 3.63) is 54.1 Å². The average Bonchev–Trinajstić information content (AvgIpc) is 3.49. The van der Waals surface area contributed by atoms with Crippen molar-refractivity contribution in [3.8, 4) is 11.1 Å². The number of aromatic nitrogens is 4. The third kappa shape index (κ3) is 4.61. The van der Waals surface area contributed by atoms with Gasteiger partial charge in [0.1, 0.15) is 0 Å². The normalized spacial score (nSPS) is 17.0. The lowest BCUT2D eigenvalue weighted by molar-refractivity contribution is 0.0824. The summed E-state index contributed by atoms with van der Waals surface area (Å²) in [6, 6.07) is 10.4. The Hall–Kier alpha value is -3.26. The highest BCUT2D eigenvalue weighted by Crippen LogP contribution is 2.31. The first kappa shape index (κ1) is 21.6. The first-order valence-electron chi connectivity index (χ1n) is 11.8. The van der Waals surface area contributed by atoms with E-state index in [2.05, 4.69) is 54.0 Å². The van der Waals surface area contributed by atoms with Crippen molar-refractivity contribution in [1.29, 1.82) is 0 Å². The van der Waals surface area contributed by atoms with E-state index in [-0.39, 0.29) is 5.91 Å². The van der Waals surface area contributed by atoms with Crippen LogP contribution in [-0.2, 0) is 0 Å². The molecule has 5 rings (SSSR count). The Kier molecular flexibility index (Phi) is 6.09. The number of piperazine rings is 1. The van der Waals surface area contributed by atoms with Gasteiger partial charge in [-0.05, 0) is 38.8 Å². The number of carbonyl (C=O) groups excluding carboxylic acids is 1. The Labute approximate surface area is 194 Å². The van der Waals surface area contributed by atoms with E-state index >= 15 is 0 Å². The van der Waals surface area contributed by atoms with E-state index < -0.39 is 0 Å². The quantitative estimate of drug-likeness (QED) is 0.598. The fourth-order valence-electron chi connectivity index (χ4n) is 4.82. The predicted octanol–water partition coefficient (Wildman–Crippen LogP) is 3.02. The maximum absolute atomic E-state index is 12.7. The van der Waals surface area contributed by atoms with Crippen molar-refractivity contribution in [2.45, 2.75) is 26.7 Å². The molecular weight excluding hydrogens is 414 g/mol. The van der Waals surface area contributed by atoms with Gasteiger partial charge in [0.15, 0.2) is 0 Å². The van der Waals surface area contributed by atoms with Crippen LogP contribution < -0.4 is 9.80 Å². The van der Waals surface area contributed by atoms with E-state index in [0.717, 1.165) is 67.7 Å². The molecule has 0 saturated carbocycles. The molecule has 2 saturated heterocycles. The lowest BCUT2D eigenvalue weighted by Crippen LogP contribution is -2.48. The summed E-state index contributed by atoms with van der Waals surface area (Å²) in [6.45, 7) is 9.73. The lowest BCUT2D eigenvalue weighted by Gasteiger charge is -2.36. The van der Waals surface area contributed by atoms with Crippen molar-refractivity contribution in [2.75, 3.05) is 55.6 Å². The molecule has 8 nitrogen and oxygen atoms in total. The summed E-state index contributed by atoms with van der Waals surface area (Å²) in [5.41, 5.74) is 5.15. The molecular formula is C25H31N7O. The number of para-hydroxylation sites is 1. The summed E-state index contributed by atoms with van der Waals surface area (Å²) in [7, 11) is 0. The molecule has 33 heavy (non-hydrogen) atoms. The summed E-state index contributed by atoms with van der Waals surface area (Å²) < 4.78 is 1.53. The van der Waals surface area contributed by atoms with Crippen LogP contribution in [0.3, 0.4) is 0 Å². The number of aryl methyl sites for hydroxylation is 2. The molecule has 2 fully saturated rings. The fraction of sp³-hybridized carbons (Fsp3) is 0.440. The maximum Gasteiger partial charge on any atom is 0.261 e. The number of nitrogens with zero attached hydrogens (tertiary/aromatic N) is 7. The van der Waals surface area contributed by atoms with Crippen LogP contribution in [0, 0.1) is 13.8 Å². The summed E-state index contributed by atoms with van der Waals surface area (Å²) >= 11 is 0. The van der Waals surface area contributed by atoms with Crippen LogP contribution in [0.1, 0.15) is 29.0 Å². The van der Waals surface area contributed by atoms with E-state index in [0.29, 0.717) is 6.54 Å². The average molecular weight is 446 g/mol. The molecule has 4 heterocycles. The van der Waals surface area contributed by atoms with E-state index in [1.54, 1.807) is 0 Å². The summed E-state index contributed by atoms with van der Waals surface area (Å²) in [5.74, 6) is 0.860. The van der Waals surface area contributed by atoms with Crippen molar-refractivity contribution >= 4 is 17.5 Å². The largest absolute Gasteiger partial charge is 0.368 e. The van der Waals surface area contributed by atoms with Crippen LogP contribution in [0.5, 0.6) is 0 Å². The highest BCUT2D eigenvalue weighted by Gasteiger charge is 2.23. The van der Waals surface area contributed by atoms with Crippen molar-refractivity contribution in [1.82, 2.24) is 24.6 Å². The van der Waals surface area contributed by atoms with E-state index in [1.165, 1.54) is 23.2 Å². The summed E-state index contributed by atoms with van der Waals surface area (Å²) in [5, 5.41) is 4.33. The first-order chi connectivity index (χ1) is 16.1. The fourth-order valence-corrected chi connectivity index (χ4v) is 4.82. The van der Waals surface area contributed by atoms with Crippen molar-refractivity contribution in [3.63, 3.8) is 0 Å². The van der Waals surface area contributed by atoms with Crippen molar-refractivity contribution < 1.29 is 4.79 Å². The van der Waals surface area contributed by atoms with Gasteiger partial charge in [-0.3, -0.25) is 9.69 Å². The number of hydrogen-bond donors (Lipinski definition) is 0. The number of anilines is 2. The smallest absolute Gasteiger partial charge is 0.261 e. The van der Waals surface area contributed by atoms with Gasteiger partial charge in [0, 0.05) is 74.2 Å². The third-order valence-corrected chi connectivity index (χ3v) is 6.56. The minimum Gasteiger partial charge on any atom is -0.368 e. The van der Waals surface area contributed by atoms with E-state index in [4.69, 9.17) is 0 Å². The summed E-state index contributed by atoms with van der Waals surface area (Å²) in [6.07, 6.45) is 6.32. The second-order valence-corrected chi connectivity index (χ2v) is 8.98. The second-order valence-electron chi connectivity index (χ2n) is 8.98. The zero-order valence-corrected chi connectivity index (χ0v) is 19.4. The Morgan fingerprint density at radius 1 is 0.909 bits per heavy atom. The van der Waals surface area contributed by atoms with Gasteiger partial charge in [-0.25, -0.2) is 14.6 Å². The van der Waals surface area contributed by atoms with Crippen LogP contribution >= 0.6 is 0 Å². The van der Waals surface area contributed by atoms with Crippen molar-refractivity contribution in [2.24, 2.45) is 0 Å². The van der Waals surface area contributed by atoms with Gasteiger partial charge in [0.05, 0.1) is 12.2 Å². The maximum atomic E-state index is 12.7. The molecule has 2 aromatic heterocycles. The number of carbonyl (C=O) groups is 1. The Balaban J connectivity index is 1.25. The molecule has 0 N–H and O–H groups in total. The summed E-state index contributed by atoms with van der Waals surface area (Å²) in [4.78, 5) is 28.8. The molecule has 3 aromatic rings. The molecule has 0 aliphatic carbocycles. The Bertz CT molecular complexity index is 1110. The van der Waals surface area contributed by atoms with Crippen LogP contribution in [0.25, 0.3) is 11.1 Å². The molecule has 172 valence electrons. The van der Waals surface area contributed by atoms with Gasteiger partial charge in [-0.2, -0.15) is 5.10 Å². The third-order valence-electron chi connectivity index (χ3n) is 6.56. The number of hydrogen-bond acceptors (Lipinski definition) is 7. The highest BCUT2D eigenvalue weighted by atomic mass is 16.2. The molecule has 0 radical (unpaired) electrons. The molecule has 2 aliphatic rings. The second kappa shape index (κ2) is 9.31. The highest BCUT2D eigenvalue weighted by molar-refractivity contribution is 5.81. The zero-order valence-electron chi connectivity index (χ0n) is 19.4. The minimum absolute atomic E-state index is 0.0321. The molecule has 0 unspecified atom stereocenters. The van der Waals surface area contributed by atoms with E-state index in [1.807, 2.05) is 32.3 Å². The van der Waals surface area contributed by atoms with Crippen LogP contribution in [0.4, 0.5) is 11.6 Å². The van der Waals surface area contributed by atoms with Crippen LogP contribution in [-0.4, -0.2) is 76.4 Å². The van der Waals surface area contributed by atoms with Crippen LogP contribution in [0.2, 0.25) is 0 Å². The molecule has 1 aromatic carbocycles. The minimum atomic E-state index is 0.0321. The standard InChI is InChI=1S/C25H31N7O/c1-19-15-20(2)32(28-19)24(33)18-29-11-13-30(14-12-29)23-8-4-3-7-22(23)21-16-26-25(27-17-21)31-9-5-6-10-31/h3-4,7-8,15-17H,5-6,9-14,18H2,1-2H3. The van der Waals surface area contributed by atoms with Gasteiger partial charge in [-0.15, -0.1) is 0 Å². The Morgan fingerprint density at radius 2 is 1.61 bits per heavy atom. The predicted molar refractivity (Wildman–Crippen MR) is 130 cm³/mol. The van der Waals surface area contributed by atoms with E-state index in [9.17, 15) is 4.79 Å². The molecule has 0 spiro atoms. The molecule has 0 atom stereocenters. The van der Waals surface area contributed by atoms with Crippen LogP contribution in [0.15, 0.2) is 42.7 Å². The molecule has 0 amide bonds. The van der Waals surface area contributed by atoms with Gasteiger partial charge < -0.3 is 9.80 Å². The lowest BCUT2D eigenvalue weighted by atomic mass is 10.1. The number of rotatable bonds is 5. The monoisotopic (exact) mass is 445 g/mol. The molecule has 8 heteroatoms.